The van der Waals surface area contributed by atoms with E-state index >= 15 is 0 Å². The fraction of sp³-hybridized carbons (Fsp3) is 0.565. The van der Waals surface area contributed by atoms with E-state index in [0.29, 0.717) is 11.8 Å². The zero-order chi connectivity index (χ0) is 21.9. The van der Waals surface area contributed by atoms with Crippen LogP contribution in [0.25, 0.3) is 11.5 Å². The minimum atomic E-state index is -0.490. The number of halogens is 1. The van der Waals surface area contributed by atoms with Gasteiger partial charge in [0, 0.05) is 5.56 Å². The number of hydrogen-bond donors (Lipinski definition) is 1. The number of aryl methyl sites for hydroxylation is 2. The molecule has 0 saturated carbocycles. The lowest BCUT2D eigenvalue weighted by atomic mass is 9.90. The van der Waals surface area contributed by atoms with Crippen molar-refractivity contribution in [3.05, 3.63) is 41.8 Å². The highest BCUT2D eigenvalue weighted by atomic mass is 19.0. The third kappa shape index (κ3) is 6.92. The Bertz CT molecular complexity index is 765. The second-order valence-electron chi connectivity index (χ2n) is 7.64. The zero-order valence-corrected chi connectivity index (χ0v) is 17.3. The van der Waals surface area contributed by atoms with Crippen molar-refractivity contribution in [2.24, 2.45) is 11.7 Å². The summed E-state index contributed by atoms with van der Waals surface area (Å²) in [4.78, 5) is 18.7. The van der Waals surface area contributed by atoms with Crippen LogP contribution >= 0.6 is 0 Å². The molecule has 2 N–H and O–H groups in total. The predicted octanol–water partition coefficient (Wildman–Crippen LogP) is 3.97. The van der Waals surface area contributed by atoms with Crippen LogP contribution in [0.1, 0.15) is 44.6 Å². The van der Waals surface area contributed by atoms with Crippen molar-refractivity contribution in [3.8, 4) is 11.5 Å². The summed E-state index contributed by atoms with van der Waals surface area (Å²) in [5, 5.41) is 0. The number of esters is 1. The van der Waals surface area contributed by atoms with Gasteiger partial charge in [0.1, 0.15) is 11.8 Å². The van der Waals surface area contributed by atoms with E-state index in [4.69, 9.17) is 19.6 Å². The number of carbonyl (C=O) groups is 1. The summed E-state index contributed by atoms with van der Waals surface area (Å²) in [5.41, 5.74) is 7.96. The molecular formula is C23H36FN3O3. The summed E-state index contributed by atoms with van der Waals surface area (Å²) in [6.45, 7) is 5.17. The molecular weight excluding hydrogens is 385 g/mol. The number of likely N-dealkylation sites (tertiary alicyclic amines) is 1. The largest absolute Gasteiger partial charge is 0.468 e. The molecule has 7 heteroatoms. The van der Waals surface area contributed by atoms with Gasteiger partial charge in [-0.1, -0.05) is 25.6 Å². The van der Waals surface area contributed by atoms with Crippen LogP contribution in [0.15, 0.2) is 34.7 Å². The number of ether oxygens (including phenoxy) is 1. The van der Waals surface area contributed by atoms with Crippen molar-refractivity contribution < 1.29 is 18.7 Å². The van der Waals surface area contributed by atoms with E-state index in [1.807, 2.05) is 37.3 Å². The number of piperidine rings is 1. The van der Waals surface area contributed by atoms with Crippen LogP contribution in [0.2, 0.25) is 0 Å². The summed E-state index contributed by atoms with van der Waals surface area (Å²) < 4.78 is 23.6. The van der Waals surface area contributed by atoms with E-state index < -0.39 is 6.04 Å². The molecule has 2 heterocycles. The Morgan fingerprint density at radius 1 is 1.37 bits per heavy atom. The number of aromatic nitrogens is 1. The second-order valence-corrected chi connectivity index (χ2v) is 7.64. The van der Waals surface area contributed by atoms with Gasteiger partial charge in [0.15, 0.2) is 0 Å². The second kappa shape index (κ2) is 12.4. The van der Waals surface area contributed by atoms with Crippen LogP contribution in [-0.2, 0) is 16.0 Å². The maximum absolute atomic E-state index is 11.5. The fourth-order valence-electron chi connectivity index (χ4n) is 3.89. The Hall–Kier alpha value is -2.25. The van der Waals surface area contributed by atoms with Crippen LogP contribution in [0.3, 0.4) is 0 Å². The van der Waals surface area contributed by atoms with Crippen molar-refractivity contribution in [1.29, 1.82) is 1.45 Å². The Balaban J connectivity index is 0.00000156. The number of nitrogens with two attached hydrogens (primary N) is 1. The maximum atomic E-state index is 11.5. The molecule has 1 fully saturated rings. The standard InChI is InChI=1S/C22H31N3O3.CH4.FH/c1-16-20(24-21(28-16)18-7-4-3-5-8-18)9-6-12-25-13-10-17(11-14-25)15-19(23)22(26)27-2;;/h3-5,7-8,17,19H,6,9-15,23H2,1-2H3;1H4;1H/t19-;;/m0../s1/i/hT. The SMILES string of the molecule is C.COC(=O)[C@@H](N)CC1CCN(CCCc2nc(-c3ccccc3)oc2C)CC1.[3H]F. The zero-order valence-electron chi connectivity index (χ0n) is 18.3. The van der Waals surface area contributed by atoms with Gasteiger partial charge >= 0.3 is 5.97 Å². The van der Waals surface area contributed by atoms with Gasteiger partial charge in [0.05, 0.1) is 12.8 Å². The van der Waals surface area contributed by atoms with Gasteiger partial charge in [-0.2, -0.15) is 0 Å². The average molecular weight is 424 g/mol. The molecule has 0 radical (unpaired) electrons. The van der Waals surface area contributed by atoms with Crippen molar-refractivity contribution in [3.63, 3.8) is 0 Å². The summed E-state index contributed by atoms with van der Waals surface area (Å²) in [6, 6.07) is 9.53. The van der Waals surface area contributed by atoms with Crippen LogP contribution in [0.5, 0.6) is 0 Å². The Morgan fingerprint density at radius 2 is 2.03 bits per heavy atom. The Morgan fingerprint density at radius 3 is 2.67 bits per heavy atom. The molecule has 1 aromatic carbocycles. The predicted molar refractivity (Wildman–Crippen MR) is 118 cm³/mol. The van der Waals surface area contributed by atoms with Gasteiger partial charge in [-0.05, 0) is 76.7 Å². The number of benzene rings is 1. The van der Waals surface area contributed by atoms with Gasteiger partial charge < -0.3 is 19.8 Å². The molecule has 0 amide bonds. The summed E-state index contributed by atoms with van der Waals surface area (Å²) in [6.07, 6.45) is 4.89. The normalized spacial score (nSPS) is 15.9. The van der Waals surface area contributed by atoms with Crippen molar-refractivity contribution in [2.75, 3.05) is 26.7 Å². The lowest BCUT2D eigenvalue weighted by molar-refractivity contribution is -0.142. The molecule has 3 rings (SSSR count). The first-order valence-electron chi connectivity index (χ1n) is 10.5. The maximum Gasteiger partial charge on any atom is 0.322 e. The van der Waals surface area contributed by atoms with E-state index in [0.717, 1.165) is 68.8 Å². The molecule has 1 aromatic heterocycles. The van der Waals surface area contributed by atoms with Crippen LogP contribution in [0, 0.1) is 12.8 Å². The van der Waals surface area contributed by atoms with Crippen LogP contribution < -0.4 is 5.73 Å². The Kier molecular flexibility index (Phi) is 9.97. The molecule has 0 unspecified atom stereocenters. The molecule has 1 aliphatic rings. The molecule has 168 valence electrons. The summed E-state index contributed by atoms with van der Waals surface area (Å²) in [5.74, 6) is 1.82. The highest BCUT2D eigenvalue weighted by molar-refractivity contribution is 5.75. The topological polar surface area (TPSA) is 81.6 Å². The molecule has 1 saturated heterocycles. The van der Waals surface area contributed by atoms with Gasteiger partial charge in [-0.3, -0.25) is 9.51 Å². The smallest absolute Gasteiger partial charge is 0.322 e. The van der Waals surface area contributed by atoms with E-state index in [1.165, 1.54) is 7.11 Å². The molecule has 30 heavy (non-hydrogen) atoms. The number of carbonyl (C=O) groups excluding carboxylic acids is 1. The minimum absolute atomic E-state index is 0. The first-order valence-corrected chi connectivity index (χ1v) is 10.1. The van der Waals surface area contributed by atoms with Gasteiger partial charge in [0.2, 0.25) is 5.89 Å². The van der Waals surface area contributed by atoms with E-state index in [1.54, 1.807) is 0 Å². The minimum Gasteiger partial charge on any atom is -0.468 e. The molecule has 2 aromatic rings. The van der Waals surface area contributed by atoms with E-state index in [-0.39, 0.29) is 13.4 Å². The number of rotatable bonds is 8. The molecule has 1 aliphatic heterocycles. The number of hydrogen-bond acceptors (Lipinski definition) is 6. The van der Waals surface area contributed by atoms with E-state index in [9.17, 15) is 4.79 Å². The summed E-state index contributed by atoms with van der Waals surface area (Å²) in [7, 11) is 1.39. The number of nitrogens with zero attached hydrogens (tertiary/aromatic N) is 2. The van der Waals surface area contributed by atoms with Crippen molar-refractivity contribution >= 4 is 5.97 Å². The number of oxazole rings is 1. The first kappa shape index (κ1) is 24.0. The third-order valence-electron chi connectivity index (χ3n) is 5.60. The highest BCUT2D eigenvalue weighted by Gasteiger charge is 2.24. The van der Waals surface area contributed by atoms with Crippen molar-refractivity contribution in [2.45, 2.75) is 52.5 Å². The monoisotopic (exact) mass is 423 g/mol. The molecule has 0 spiro atoms. The van der Waals surface area contributed by atoms with Crippen molar-refractivity contribution in [1.82, 2.24) is 9.88 Å². The molecule has 0 aliphatic carbocycles. The molecule has 1 atom stereocenters. The van der Waals surface area contributed by atoms with Gasteiger partial charge in [-0.25, -0.2) is 4.98 Å². The van der Waals surface area contributed by atoms with Crippen LogP contribution in [0.4, 0.5) is 4.72 Å². The third-order valence-corrected chi connectivity index (χ3v) is 5.60. The van der Waals surface area contributed by atoms with Gasteiger partial charge in [-0.15, -0.1) is 0 Å². The highest BCUT2D eigenvalue weighted by Crippen LogP contribution is 2.24. The lowest BCUT2D eigenvalue weighted by Crippen LogP contribution is -2.39. The summed E-state index contributed by atoms with van der Waals surface area (Å²) >= 11 is 0. The Labute approximate surface area is 180 Å². The first-order chi connectivity index (χ1) is 14.6. The van der Waals surface area contributed by atoms with Gasteiger partial charge in [0.25, 0.3) is 1.45 Å². The quantitative estimate of drug-likeness (QED) is 0.647. The average Bonchev–Trinajstić information content (AvgIpc) is 3.17. The fourth-order valence-corrected chi connectivity index (χ4v) is 3.89. The van der Waals surface area contributed by atoms with Crippen LogP contribution in [-0.4, -0.2) is 50.1 Å². The lowest BCUT2D eigenvalue weighted by Gasteiger charge is -2.32. The molecule has 6 nitrogen and oxygen atoms in total. The van der Waals surface area contributed by atoms with E-state index in [2.05, 4.69) is 11.3 Å². The number of methoxy groups -OCH3 is 1. The molecule has 0 bridgehead atoms.